The van der Waals surface area contributed by atoms with Crippen LogP contribution in [0.15, 0.2) is 35.4 Å². The summed E-state index contributed by atoms with van der Waals surface area (Å²) in [5.41, 5.74) is 2.52. The SMILES string of the molecule is CC(=O)N(CC[C@@]12CC[C@]3(C)[C@H](CC[C@@H]4[C@@]5(C)CC[C@H](OC(=O)CC(C)(C)C(=O)O)C6(C)C[C@]65CC[C@]43C)C1=C(C(C)C)C(=O)C2)Cc1ccc(Cl)cc1. The predicted molar refractivity (Wildman–Crippen MR) is 210 cm³/mol. The average molecular weight is 762 g/mol. The van der Waals surface area contributed by atoms with E-state index in [0.717, 1.165) is 75.3 Å². The fourth-order valence-electron chi connectivity index (χ4n) is 14.2. The molecular formula is C46H64ClNO6. The van der Waals surface area contributed by atoms with Gasteiger partial charge in [0.15, 0.2) is 5.78 Å². The number of nitrogens with zero attached hydrogens (tertiary/aromatic N) is 1. The maximum Gasteiger partial charge on any atom is 0.309 e. The van der Waals surface area contributed by atoms with Gasteiger partial charge in [-0.1, -0.05) is 70.8 Å². The van der Waals surface area contributed by atoms with E-state index in [4.69, 9.17) is 16.3 Å². The number of allylic oxidation sites excluding steroid dienone is 2. The molecule has 0 aromatic heterocycles. The Morgan fingerprint density at radius 3 is 2.22 bits per heavy atom. The minimum absolute atomic E-state index is 0.0463. The molecule has 7 rings (SSSR count). The van der Waals surface area contributed by atoms with Crippen LogP contribution >= 0.6 is 11.6 Å². The van der Waals surface area contributed by atoms with E-state index >= 15 is 0 Å². The molecular weight excluding hydrogens is 698 g/mol. The standard InChI is InChI=1S/C46H64ClNO6/c1-28(2)37-33(50)24-45(22-23-48(29(3)49)26-30-10-12-31(47)13-11-30)20-18-41(6)32(38(37)45)14-15-34-42(41,7)19-21-46-27-44(46,9)35(16-17-43(34,46)8)54-36(51)25-40(4,5)39(52)53/h10-13,28,32,34-35H,14-27H2,1-9H3,(H,52,53)/t32-,34+,35+,41-,42-,43-,44?,45-,46+/m1/s1. The Balaban J connectivity index is 1.15. The summed E-state index contributed by atoms with van der Waals surface area (Å²) < 4.78 is 6.21. The van der Waals surface area contributed by atoms with Crippen LogP contribution in [0.1, 0.15) is 145 Å². The Hall–Kier alpha value is -2.67. The summed E-state index contributed by atoms with van der Waals surface area (Å²) in [5.74, 6) is 0.0477. The molecule has 0 bridgehead atoms. The van der Waals surface area contributed by atoms with Gasteiger partial charge in [0.1, 0.15) is 6.10 Å². The Bertz CT molecular complexity index is 1780. The van der Waals surface area contributed by atoms with Gasteiger partial charge in [0, 0.05) is 42.3 Å². The lowest BCUT2D eigenvalue weighted by molar-refractivity contribution is -0.218. The number of ether oxygens (including phenoxy) is 1. The third-order valence-corrected chi connectivity index (χ3v) is 17.8. The van der Waals surface area contributed by atoms with Gasteiger partial charge in [0.05, 0.1) is 11.8 Å². The molecule has 7 nitrogen and oxygen atoms in total. The summed E-state index contributed by atoms with van der Waals surface area (Å²) in [5, 5.41) is 10.3. The van der Waals surface area contributed by atoms with Gasteiger partial charge >= 0.3 is 11.9 Å². The Kier molecular flexibility index (Phi) is 9.47. The molecule has 54 heavy (non-hydrogen) atoms. The molecule has 1 aromatic carbocycles. The first kappa shape index (κ1) is 39.6. The maximum absolute atomic E-state index is 14.2. The highest BCUT2D eigenvalue weighted by Crippen LogP contribution is 2.87. The van der Waals surface area contributed by atoms with Gasteiger partial charge in [-0.2, -0.15) is 0 Å². The van der Waals surface area contributed by atoms with Crippen LogP contribution in [0.25, 0.3) is 0 Å². The number of amides is 1. The lowest BCUT2D eigenvalue weighted by atomic mass is 9.33. The maximum atomic E-state index is 14.2. The molecule has 9 atom stereocenters. The lowest BCUT2D eigenvalue weighted by Gasteiger charge is -2.71. The van der Waals surface area contributed by atoms with Crippen molar-refractivity contribution in [3.63, 3.8) is 0 Å². The van der Waals surface area contributed by atoms with Crippen LogP contribution in [0.3, 0.4) is 0 Å². The van der Waals surface area contributed by atoms with Gasteiger partial charge in [-0.15, -0.1) is 0 Å². The van der Waals surface area contributed by atoms with Crippen LogP contribution in [0.5, 0.6) is 0 Å². The van der Waals surface area contributed by atoms with Crippen molar-refractivity contribution in [1.82, 2.24) is 4.90 Å². The van der Waals surface area contributed by atoms with Crippen molar-refractivity contribution in [2.24, 2.45) is 55.7 Å². The van der Waals surface area contributed by atoms with Crippen molar-refractivity contribution in [1.29, 1.82) is 0 Å². The number of rotatable bonds is 10. The molecule has 0 saturated heterocycles. The summed E-state index contributed by atoms with van der Waals surface area (Å²) in [6.07, 6.45) is 10.5. The molecule has 296 valence electrons. The third-order valence-electron chi connectivity index (χ3n) is 17.5. The lowest BCUT2D eigenvalue weighted by Crippen LogP contribution is -2.64. The normalized spacial score (nSPS) is 39.5. The summed E-state index contributed by atoms with van der Waals surface area (Å²) in [7, 11) is 0. The number of benzene rings is 1. The summed E-state index contributed by atoms with van der Waals surface area (Å²) >= 11 is 6.16. The van der Waals surface area contributed by atoms with E-state index in [1.807, 2.05) is 29.2 Å². The van der Waals surface area contributed by atoms with Crippen LogP contribution < -0.4 is 0 Å². The molecule has 1 unspecified atom stereocenters. The fourth-order valence-corrected chi connectivity index (χ4v) is 14.3. The largest absolute Gasteiger partial charge is 0.481 e. The van der Waals surface area contributed by atoms with Crippen molar-refractivity contribution < 1.29 is 29.0 Å². The van der Waals surface area contributed by atoms with Crippen LogP contribution in [0.4, 0.5) is 0 Å². The average Bonchev–Trinajstić information content (AvgIpc) is 3.62. The first-order chi connectivity index (χ1) is 25.1. The van der Waals surface area contributed by atoms with Crippen molar-refractivity contribution >= 4 is 35.2 Å². The highest BCUT2D eigenvalue weighted by molar-refractivity contribution is 6.30. The van der Waals surface area contributed by atoms with Crippen molar-refractivity contribution in [3.05, 3.63) is 46.0 Å². The Morgan fingerprint density at radius 1 is 0.926 bits per heavy atom. The number of fused-ring (bicyclic) bond motifs is 6. The molecule has 8 heteroatoms. The molecule has 6 aliphatic rings. The molecule has 0 heterocycles. The van der Waals surface area contributed by atoms with E-state index in [2.05, 4.69) is 41.5 Å². The van der Waals surface area contributed by atoms with Gasteiger partial charge < -0.3 is 14.7 Å². The number of carbonyl (C=O) groups is 4. The molecule has 0 aliphatic heterocycles. The van der Waals surface area contributed by atoms with E-state index < -0.39 is 17.4 Å². The van der Waals surface area contributed by atoms with Crippen molar-refractivity contribution in [2.45, 2.75) is 152 Å². The number of Topliss-reactive ketones (excluding diaryl/α,β-unsaturated/α-hetero) is 1. The molecule has 6 aliphatic carbocycles. The second kappa shape index (κ2) is 12.9. The minimum Gasteiger partial charge on any atom is -0.481 e. The molecule has 5 saturated carbocycles. The quantitative estimate of drug-likeness (QED) is 0.238. The number of hydrogen-bond acceptors (Lipinski definition) is 5. The summed E-state index contributed by atoms with van der Waals surface area (Å²) in [4.78, 5) is 54.0. The van der Waals surface area contributed by atoms with E-state index in [1.54, 1.807) is 20.8 Å². The van der Waals surface area contributed by atoms with Gasteiger partial charge in [0.25, 0.3) is 0 Å². The number of carboxylic acid groups (broad SMARTS) is 1. The first-order valence-electron chi connectivity index (χ1n) is 20.8. The fraction of sp³-hybridized carbons (Fsp3) is 0.739. The number of halogens is 1. The van der Waals surface area contributed by atoms with Gasteiger partial charge in [0.2, 0.25) is 5.91 Å². The number of carboxylic acids is 1. The second-order valence-electron chi connectivity index (χ2n) is 20.7. The Morgan fingerprint density at radius 2 is 1.59 bits per heavy atom. The van der Waals surface area contributed by atoms with Crippen molar-refractivity contribution in [2.75, 3.05) is 6.54 Å². The molecule has 1 amide bonds. The molecule has 5 fully saturated rings. The topological polar surface area (TPSA) is 101 Å². The summed E-state index contributed by atoms with van der Waals surface area (Å²) in [6.45, 7) is 20.5. The van der Waals surface area contributed by atoms with Crippen molar-refractivity contribution in [3.8, 4) is 0 Å². The van der Waals surface area contributed by atoms with E-state index in [-0.39, 0.29) is 56.8 Å². The first-order valence-corrected chi connectivity index (χ1v) is 21.2. The number of aliphatic carboxylic acids is 1. The molecule has 1 aromatic rings. The zero-order chi connectivity index (χ0) is 39.4. The number of carbonyl (C=O) groups excluding carboxylic acids is 3. The van der Waals surface area contributed by atoms with Crippen LogP contribution in [0.2, 0.25) is 5.02 Å². The summed E-state index contributed by atoms with van der Waals surface area (Å²) in [6, 6.07) is 7.73. The highest BCUT2D eigenvalue weighted by atomic mass is 35.5. The van der Waals surface area contributed by atoms with E-state index in [0.29, 0.717) is 42.2 Å². The number of ketones is 1. The third kappa shape index (κ3) is 5.61. The molecule has 1 N–H and O–H groups in total. The highest BCUT2D eigenvalue weighted by Gasteiger charge is 2.82. The van der Waals surface area contributed by atoms with Crippen LogP contribution in [0, 0.1) is 55.7 Å². The molecule has 1 spiro atoms. The van der Waals surface area contributed by atoms with Crippen LogP contribution in [-0.4, -0.2) is 46.3 Å². The van der Waals surface area contributed by atoms with Gasteiger partial charge in [-0.3, -0.25) is 19.2 Å². The monoisotopic (exact) mass is 761 g/mol. The zero-order valence-corrected chi connectivity index (χ0v) is 35.1. The minimum atomic E-state index is -1.15. The zero-order valence-electron chi connectivity index (χ0n) is 34.3. The number of hydrogen-bond donors (Lipinski definition) is 1. The molecule has 0 radical (unpaired) electrons. The van der Waals surface area contributed by atoms with E-state index in [9.17, 15) is 24.3 Å². The second-order valence-corrected chi connectivity index (χ2v) is 21.1. The van der Waals surface area contributed by atoms with Gasteiger partial charge in [-0.05, 0) is 141 Å². The smallest absolute Gasteiger partial charge is 0.309 e. The van der Waals surface area contributed by atoms with Crippen LogP contribution in [-0.2, 0) is 30.5 Å². The number of esters is 1. The van der Waals surface area contributed by atoms with E-state index in [1.165, 1.54) is 5.57 Å². The van der Waals surface area contributed by atoms with Gasteiger partial charge in [-0.25, -0.2) is 0 Å². The Labute approximate surface area is 328 Å². The predicted octanol–water partition coefficient (Wildman–Crippen LogP) is 10.2.